The van der Waals surface area contributed by atoms with Crippen molar-refractivity contribution in [1.82, 2.24) is 20.1 Å². The van der Waals surface area contributed by atoms with Crippen LogP contribution < -0.4 is 10.6 Å². The number of carbonyl (C=O) groups is 3. The zero-order valence-corrected chi connectivity index (χ0v) is 20.2. The Hall–Kier alpha value is -3.66. The molecule has 2 aromatic carbocycles. The molecule has 3 N–H and O–H groups in total. The van der Waals surface area contributed by atoms with Crippen LogP contribution in [0.2, 0.25) is 0 Å². The van der Waals surface area contributed by atoms with Gasteiger partial charge in [0.05, 0.1) is 17.4 Å². The molecule has 1 aromatic heterocycles. The van der Waals surface area contributed by atoms with Crippen LogP contribution in [0, 0.1) is 12.8 Å². The minimum Gasteiger partial charge on any atom is -0.478 e. The van der Waals surface area contributed by atoms with E-state index in [1.807, 2.05) is 39.0 Å². The predicted octanol–water partition coefficient (Wildman–Crippen LogP) is 3.68. The van der Waals surface area contributed by atoms with Crippen LogP contribution in [0.15, 0.2) is 53.7 Å². The second kappa shape index (κ2) is 11.0. The molecule has 0 unspecified atom stereocenters. The number of aromatic carboxylic acids is 1. The molecule has 178 valence electrons. The van der Waals surface area contributed by atoms with E-state index in [1.165, 1.54) is 23.9 Å². The number of amides is 2. The predicted molar refractivity (Wildman–Crippen MR) is 130 cm³/mol. The van der Waals surface area contributed by atoms with Gasteiger partial charge in [0, 0.05) is 18.3 Å². The van der Waals surface area contributed by atoms with Crippen LogP contribution in [0.1, 0.15) is 52.0 Å². The summed E-state index contributed by atoms with van der Waals surface area (Å²) in [6.07, 6.45) is 0. The number of nitrogens with zero attached hydrogens (tertiary/aromatic N) is 3. The molecule has 0 saturated carbocycles. The Bertz CT molecular complexity index is 1210. The van der Waals surface area contributed by atoms with E-state index in [1.54, 1.807) is 29.8 Å². The second-order valence-corrected chi connectivity index (χ2v) is 9.13. The molecule has 0 bridgehead atoms. The number of rotatable bonds is 9. The van der Waals surface area contributed by atoms with Gasteiger partial charge in [-0.05, 0) is 43.2 Å². The van der Waals surface area contributed by atoms with E-state index in [2.05, 4.69) is 20.8 Å². The Balaban J connectivity index is 1.66. The van der Waals surface area contributed by atoms with Crippen LogP contribution in [0.4, 0.5) is 5.69 Å². The second-order valence-electron chi connectivity index (χ2n) is 8.19. The fourth-order valence-electron chi connectivity index (χ4n) is 3.32. The summed E-state index contributed by atoms with van der Waals surface area (Å²) >= 11 is 1.20. The van der Waals surface area contributed by atoms with Gasteiger partial charge in [-0.2, -0.15) is 0 Å². The molecular formula is C24H27N5O4S. The number of thioether (sulfide) groups is 1. The van der Waals surface area contributed by atoms with Crippen LogP contribution in [0.25, 0.3) is 0 Å². The summed E-state index contributed by atoms with van der Waals surface area (Å²) in [6.45, 7) is 5.91. The number of nitrogens with one attached hydrogen (secondary N) is 2. The first-order valence-electron chi connectivity index (χ1n) is 10.7. The lowest BCUT2D eigenvalue weighted by Crippen LogP contribution is -2.33. The van der Waals surface area contributed by atoms with Crippen LogP contribution in [0.3, 0.4) is 0 Å². The minimum atomic E-state index is -1.06. The Labute approximate surface area is 202 Å². The quantitative estimate of drug-likeness (QED) is 0.398. The molecule has 3 aromatic rings. The summed E-state index contributed by atoms with van der Waals surface area (Å²) < 4.78 is 1.77. The molecular weight excluding hydrogens is 454 g/mol. The first-order valence-corrected chi connectivity index (χ1v) is 11.7. The smallest absolute Gasteiger partial charge is 0.335 e. The number of carbonyl (C=O) groups excluding carboxylic acids is 2. The Morgan fingerprint density at radius 2 is 1.76 bits per heavy atom. The van der Waals surface area contributed by atoms with E-state index in [4.69, 9.17) is 5.11 Å². The Morgan fingerprint density at radius 3 is 2.44 bits per heavy atom. The van der Waals surface area contributed by atoms with Gasteiger partial charge in [-0.1, -0.05) is 49.4 Å². The molecule has 9 nitrogen and oxygen atoms in total. The van der Waals surface area contributed by atoms with Gasteiger partial charge in [-0.3, -0.25) is 9.59 Å². The SMILES string of the molecule is Cc1cccc(C(=O)N[C@H](c2nnc(SCC(=O)Nc3cccc(C(=O)O)c3)n2C)C(C)C)c1. The van der Waals surface area contributed by atoms with Gasteiger partial charge in [-0.15, -0.1) is 10.2 Å². The number of carboxylic acid groups (broad SMARTS) is 1. The fourth-order valence-corrected chi connectivity index (χ4v) is 4.04. The maximum absolute atomic E-state index is 12.8. The number of anilines is 1. The van der Waals surface area contributed by atoms with Gasteiger partial charge < -0.3 is 20.3 Å². The molecule has 0 radical (unpaired) electrons. The molecule has 3 rings (SSSR count). The van der Waals surface area contributed by atoms with Gasteiger partial charge in [-0.25, -0.2) is 4.79 Å². The van der Waals surface area contributed by atoms with Gasteiger partial charge in [0.2, 0.25) is 5.91 Å². The van der Waals surface area contributed by atoms with Gasteiger partial charge in [0.25, 0.3) is 5.91 Å². The highest BCUT2D eigenvalue weighted by atomic mass is 32.2. The third-order valence-electron chi connectivity index (χ3n) is 5.11. The van der Waals surface area contributed by atoms with Crippen LogP contribution >= 0.6 is 11.8 Å². The Morgan fingerprint density at radius 1 is 1.06 bits per heavy atom. The molecule has 2 amide bonds. The maximum atomic E-state index is 12.8. The van der Waals surface area contributed by atoms with E-state index >= 15 is 0 Å². The standard InChI is InChI=1S/C24H27N5O4S/c1-14(2)20(26-22(31)16-8-5-7-15(3)11-16)21-27-28-24(29(21)4)34-13-19(30)25-18-10-6-9-17(12-18)23(32)33/h5-12,14,20H,13H2,1-4H3,(H,25,30)(H,26,31)(H,32,33)/t20-/m0/s1. The molecule has 0 fully saturated rings. The molecule has 34 heavy (non-hydrogen) atoms. The van der Waals surface area contributed by atoms with Gasteiger partial charge >= 0.3 is 5.97 Å². The summed E-state index contributed by atoms with van der Waals surface area (Å²) in [5, 5.41) is 23.8. The monoisotopic (exact) mass is 481 g/mol. The van der Waals surface area contributed by atoms with Crippen LogP contribution in [-0.4, -0.2) is 43.4 Å². The van der Waals surface area contributed by atoms with E-state index in [0.717, 1.165) is 5.56 Å². The lowest BCUT2D eigenvalue weighted by Gasteiger charge is -2.21. The number of hydrogen-bond donors (Lipinski definition) is 3. The first kappa shape index (κ1) is 25.0. The number of aromatic nitrogens is 3. The summed E-state index contributed by atoms with van der Waals surface area (Å²) in [7, 11) is 1.79. The molecule has 0 aliphatic carbocycles. The number of hydrogen-bond acceptors (Lipinski definition) is 6. The first-order chi connectivity index (χ1) is 16.2. The summed E-state index contributed by atoms with van der Waals surface area (Å²) in [6, 6.07) is 13.0. The lowest BCUT2D eigenvalue weighted by molar-refractivity contribution is -0.113. The molecule has 1 heterocycles. The van der Waals surface area contributed by atoms with Crippen molar-refractivity contribution < 1.29 is 19.5 Å². The van der Waals surface area contributed by atoms with Crippen molar-refractivity contribution in [3.63, 3.8) is 0 Å². The summed E-state index contributed by atoms with van der Waals surface area (Å²) in [5.41, 5.74) is 2.07. The molecule has 0 spiro atoms. The van der Waals surface area contributed by atoms with E-state index < -0.39 is 5.97 Å². The largest absolute Gasteiger partial charge is 0.478 e. The zero-order chi connectivity index (χ0) is 24.8. The Kier molecular flexibility index (Phi) is 8.06. The molecule has 1 atom stereocenters. The third-order valence-corrected chi connectivity index (χ3v) is 6.13. The van der Waals surface area contributed by atoms with Gasteiger partial charge in [0.1, 0.15) is 0 Å². The highest BCUT2D eigenvalue weighted by Crippen LogP contribution is 2.25. The van der Waals surface area contributed by atoms with Crippen molar-refractivity contribution in [1.29, 1.82) is 0 Å². The van der Waals surface area contributed by atoms with Gasteiger partial charge in [0.15, 0.2) is 11.0 Å². The molecule has 10 heteroatoms. The van der Waals surface area contributed by atoms with Crippen LogP contribution in [-0.2, 0) is 11.8 Å². The van der Waals surface area contributed by atoms with Crippen molar-refractivity contribution in [2.24, 2.45) is 13.0 Å². The van der Waals surface area contributed by atoms with E-state index in [9.17, 15) is 14.4 Å². The number of carboxylic acids is 1. The topological polar surface area (TPSA) is 126 Å². The van der Waals surface area contributed by atoms with Crippen LogP contribution in [0.5, 0.6) is 0 Å². The fraction of sp³-hybridized carbons (Fsp3) is 0.292. The average Bonchev–Trinajstić information content (AvgIpc) is 3.15. The molecule has 0 saturated heterocycles. The van der Waals surface area contributed by atoms with Crippen molar-refractivity contribution >= 4 is 35.2 Å². The lowest BCUT2D eigenvalue weighted by atomic mass is 10.0. The van der Waals surface area contributed by atoms with Crippen molar-refractivity contribution in [2.75, 3.05) is 11.1 Å². The normalized spacial score (nSPS) is 11.8. The minimum absolute atomic E-state index is 0.0549. The van der Waals surface area contributed by atoms with Crippen molar-refractivity contribution in [3.05, 3.63) is 71.0 Å². The highest BCUT2D eigenvalue weighted by molar-refractivity contribution is 7.99. The zero-order valence-electron chi connectivity index (χ0n) is 19.4. The summed E-state index contributed by atoms with van der Waals surface area (Å²) in [5.74, 6) is -0.850. The number of aryl methyl sites for hydroxylation is 1. The maximum Gasteiger partial charge on any atom is 0.335 e. The van der Waals surface area contributed by atoms with Crippen molar-refractivity contribution in [2.45, 2.75) is 32.0 Å². The molecule has 0 aliphatic rings. The summed E-state index contributed by atoms with van der Waals surface area (Å²) in [4.78, 5) is 36.3. The highest BCUT2D eigenvalue weighted by Gasteiger charge is 2.25. The molecule has 0 aliphatic heterocycles. The number of benzene rings is 2. The van der Waals surface area contributed by atoms with E-state index in [-0.39, 0.29) is 35.1 Å². The average molecular weight is 482 g/mol. The van der Waals surface area contributed by atoms with Crippen molar-refractivity contribution in [3.8, 4) is 0 Å². The van der Waals surface area contributed by atoms with E-state index in [0.29, 0.717) is 22.2 Å². The third kappa shape index (κ3) is 6.22.